The lowest BCUT2D eigenvalue weighted by Crippen LogP contribution is -2.30. The van der Waals surface area contributed by atoms with Crippen molar-refractivity contribution >= 4 is 21.7 Å². The lowest BCUT2D eigenvalue weighted by Gasteiger charge is -2.18. The molecule has 0 aliphatic heterocycles. The van der Waals surface area contributed by atoms with Crippen LogP contribution in [0.4, 0.5) is 22.0 Å². The van der Waals surface area contributed by atoms with Crippen LogP contribution in [0.15, 0.2) is 35.3 Å². The van der Waals surface area contributed by atoms with E-state index in [0.29, 0.717) is 16.0 Å². The largest absolute Gasteiger partial charge is 0.534 e. The minimum Gasteiger partial charge on any atom is -0.374 e. The van der Waals surface area contributed by atoms with Gasteiger partial charge in [0, 0.05) is 29.2 Å². The van der Waals surface area contributed by atoms with Crippen molar-refractivity contribution in [1.82, 2.24) is 19.3 Å². The molecule has 4 rings (SSSR count). The Balaban J connectivity index is 1.91. The van der Waals surface area contributed by atoms with Gasteiger partial charge in [0.25, 0.3) is 5.56 Å². The van der Waals surface area contributed by atoms with Crippen LogP contribution in [-0.4, -0.2) is 33.3 Å². The fourth-order valence-electron chi connectivity index (χ4n) is 4.03. The van der Waals surface area contributed by atoms with Crippen molar-refractivity contribution in [2.24, 2.45) is 0 Å². The van der Waals surface area contributed by atoms with Gasteiger partial charge in [-0.2, -0.15) is 26.7 Å². The van der Waals surface area contributed by atoms with E-state index in [4.69, 9.17) is 11.6 Å². The van der Waals surface area contributed by atoms with Crippen LogP contribution < -0.4 is 9.74 Å². The highest BCUT2D eigenvalue weighted by atomic mass is 35.5. The quantitative estimate of drug-likeness (QED) is 0.163. The van der Waals surface area contributed by atoms with E-state index in [2.05, 4.69) is 14.3 Å². The number of hydrogen-bond donors (Lipinski definition) is 0. The van der Waals surface area contributed by atoms with Crippen molar-refractivity contribution in [3.8, 4) is 28.4 Å². The monoisotopic (exact) mass is 602 g/mol. The Bertz CT molecular complexity index is 1850. The van der Waals surface area contributed by atoms with Crippen LogP contribution in [0.25, 0.3) is 22.6 Å². The molecule has 0 aliphatic carbocycles. The zero-order valence-corrected chi connectivity index (χ0v) is 23.1. The number of alkyl halides is 3. The van der Waals surface area contributed by atoms with E-state index < -0.39 is 55.0 Å². The average molecular weight is 603 g/mol. The minimum absolute atomic E-state index is 0.0262. The fraction of sp³-hybridized carbons (Fsp3) is 0.240. The van der Waals surface area contributed by atoms with Crippen molar-refractivity contribution < 1.29 is 34.6 Å². The molecule has 40 heavy (non-hydrogen) atoms. The van der Waals surface area contributed by atoms with Crippen molar-refractivity contribution in [1.29, 1.82) is 0 Å². The zero-order valence-electron chi connectivity index (χ0n) is 21.5. The lowest BCUT2D eigenvalue weighted by molar-refractivity contribution is -0.0500. The van der Waals surface area contributed by atoms with Gasteiger partial charge >= 0.3 is 15.6 Å². The third-order valence-electron chi connectivity index (χ3n) is 6.30. The van der Waals surface area contributed by atoms with Gasteiger partial charge in [0.15, 0.2) is 17.4 Å². The summed E-state index contributed by atoms with van der Waals surface area (Å²) in [4.78, 5) is 17.1. The predicted octanol–water partition coefficient (Wildman–Crippen LogP) is 5.79. The number of nitrogens with zero attached hydrogens (tertiary/aromatic N) is 4. The summed E-state index contributed by atoms with van der Waals surface area (Å²) in [5.74, 6) is -3.08. The predicted molar refractivity (Wildman–Crippen MR) is 137 cm³/mol. The molecule has 0 saturated heterocycles. The molecular formula is C25H20ClF5N4O4S. The standard InChI is InChI=1S/C25H20ClF5N4O4S/c1-11-10-32-22(16-7-6-8-17(20(16)27)35-15(5)13(3)14(4)33-35)21(28)23(11)34-12(2)9-18(19(26)24(34)36)39-40(37,38)25(29,30)31/h6-10H,1-5H3. The molecule has 3 aromatic heterocycles. The van der Waals surface area contributed by atoms with Crippen LogP contribution in [-0.2, 0) is 10.1 Å². The van der Waals surface area contributed by atoms with E-state index >= 15 is 8.78 Å². The van der Waals surface area contributed by atoms with Gasteiger partial charge in [-0.15, -0.1) is 0 Å². The highest BCUT2D eigenvalue weighted by Gasteiger charge is 2.49. The first-order valence-electron chi connectivity index (χ1n) is 11.4. The summed E-state index contributed by atoms with van der Waals surface area (Å²) >= 11 is 5.88. The number of hydrogen-bond acceptors (Lipinski definition) is 6. The Labute approximate surface area is 229 Å². The highest BCUT2D eigenvalue weighted by molar-refractivity contribution is 7.88. The molecule has 0 radical (unpaired) electrons. The molecule has 0 atom stereocenters. The van der Waals surface area contributed by atoms with Gasteiger partial charge in [-0.05, 0) is 57.9 Å². The number of rotatable bonds is 5. The van der Waals surface area contributed by atoms with E-state index in [-0.39, 0.29) is 22.5 Å². The second-order valence-electron chi connectivity index (χ2n) is 8.89. The topological polar surface area (TPSA) is 96.1 Å². The Morgan fingerprint density at radius 3 is 2.25 bits per heavy atom. The molecule has 4 aromatic rings. The molecule has 8 nitrogen and oxygen atoms in total. The zero-order chi connectivity index (χ0) is 29.9. The fourth-order valence-corrected chi connectivity index (χ4v) is 4.72. The molecule has 0 amide bonds. The first kappa shape index (κ1) is 29.2. The molecule has 0 fully saturated rings. The number of aryl methyl sites for hydroxylation is 3. The third-order valence-corrected chi connectivity index (χ3v) is 7.61. The highest BCUT2D eigenvalue weighted by Crippen LogP contribution is 2.34. The molecule has 0 saturated carbocycles. The maximum absolute atomic E-state index is 16.1. The van der Waals surface area contributed by atoms with E-state index in [1.807, 2.05) is 6.92 Å². The summed E-state index contributed by atoms with van der Waals surface area (Å²) in [5, 5.41) is 3.28. The number of benzene rings is 1. The van der Waals surface area contributed by atoms with Gasteiger partial charge in [-0.3, -0.25) is 14.3 Å². The molecule has 212 valence electrons. The minimum atomic E-state index is -6.14. The normalized spacial score (nSPS) is 12.2. The summed E-state index contributed by atoms with van der Waals surface area (Å²) in [5.41, 5.74) is -6.15. The van der Waals surface area contributed by atoms with E-state index in [9.17, 15) is 26.4 Å². The van der Waals surface area contributed by atoms with Gasteiger partial charge in [0.2, 0.25) is 0 Å². The van der Waals surface area contributed by atoms with Crippen molar-refractivity contribution in [3.05, 3.63) is 85.7 Å². The van der Waals surface area contributed by atoms with E-state index in [0.717, 1.165) is 11.6 Å². The van der Waals surface area contributed by atoms with Crippen molar-refractivity contribution in [2.75, 3.05) is 0 Å². The summed E-state index contributed by atoms with van der Waals surface area (Å²) in [7, 11) is -6.14. The molecule has 15 heteroatoms. The van der Waals surface area contributed by atoms with E-state index in [1.165, 1.54) is 42.9 Å². The van der Waals surface area contributed by atoms with Crippen LogP contribution in [0.3, 0.4) is 0 Å². The number of aromatic nitrogens is 4. The average Bonchev–Trinajstić information content (AvgIpc) is 3.11. The van der Waals surface area contributed by atoms with Crippen LogP contribution in [0.5, 0.6) is 5.75 Å². The summed E-state index contributed by atoms with van der Waals surface area (Å²) < 4.78 is 99.2. The van der Waals surface area contributed by atoms with Gasteiger partial charge in [0.1, 0.15) is 16.4 Å². The molecule has 0 unspecified atom stereocenters. The molecule has 0 bridgehead atoms. The number of halogens is 6. The molecule has 1 aromatic carbocycles. The number of pyridine rings is 2. The summed E-state index contributed by atoms with van der Waals surface area (Å²) in [6, 6.07) is 4.94. The molecule has 0 aliphatic rings. The van der Waals surface area contributed by atoms with Gasteiger partial charge < -0.3 is 4.18 Å². The molecule has 0 N–H and O–H groups in total. The van der Waals surface area contributed by atoms with Crippen molar-refractivity contribution in [2.45, 2.75) is 40.1 Å². The maximum Gasteiger partial charge on any atom is 0.534 e. The summed E-state index contributed by atoms with van der Waals surface area (Å²) in [6.45, 7) is 7.91. The molecule has 0 spiro atoms. The van der Waals surface area contributed by atoms with Crippen LogP contribution in [0.1, 0.15) is 28.2 Å². The van der Waals surface area contributed by atoms with Crippen molar-refractivity contribution in [3.63, 3.8) is 0 Å². The van der Waals surface area contributed by atoms with Gasteiger partial charge in [-0.1, -0.05) is 17.7 Å². The molecule has 3 heterocycles. The SMILES string of the molecule is Cc1cnc(-c2cccc(-n3nc(C)c(C)c3C)c2F)c(F)c1-n1c(C)cc(OS(=O)(=O)C(F)(F)F)c(Cl)c1=O. The first-order valence-corrected chi connectivity index (χ1v) is 13.2. The Morgan fingerprint density at radius 2 is 1.68 bits per heavy atom. The Morgan fingerprint density at radius 1 is 1.02 bits per heavy atom. The molecular weight excluding hydrogens is 583 g/mol. The lowest BCUT2D eigenvalue weighted by atomic mass is 10.1. The third kappa shape index (κ3) is 4.74. The smallest absolute Gasteiger partial charge is 0.374 e. The Kier molecular flexibility index (Phi) is 7.30. The van der Waals surface area contributed by atoms with Gasteiger partial charge in [-0.25, -0.2) is 13.5 Å². The van der Waals surface area contributed by atoms with Crippen LogP contribution in [0, 0.1) is 46.3 Å². The van der Waals surface area contributed by atoms with Crippen LogP contribution in [0.2, 0.25) is 5.02 Å². The van der Waals surface area contributed by atoms with E-state index in [1.54, 1.807) is 13.8 Å². The van der Waals surface area contributed by atoms with Crippen LogP contribution >= 0.6 is 11.6 Å². The summed E-state index contributed by atoms with van der Waals surface area (Å²) in [6.07, 6.45) is 1.17. The Hall–Kier alpha value is -3.78. The van der Waals surface area contributed by atoms with Gasteiger partial charge in [0.05, 0.1) is 11.4 Å². The second kappa shape index (κ2) is 10.0. The second-order valence-corrected chi connectivity index (χ2v) is 10.8. The first-order chi connectivity index (χ1) is 18.5. The maximum atomic E-state index is 16.1.